The van der Waals surface area contributed by atoms with Gasteiger partial charge in [-0.05, 0) is 35.9 Å². The summed E-state index contributed by atoms with van der Waals surface area (Å²) in [5, 5.41) is 3.37. The Labute approximate surface area is 145 Å². The average molecular weight is 345 g/mol. The largest absolute Gasteiger partial charge is 0.491 e. The van der Waals surface area contributed by atoms with E-state index in [2.05, 4.69) is 5.32 Å². The summed E-state index contributed by atoms with van der Waals surface area (Å²) < 4.78 is 5.59. The van der Waals surface area contributed by atoms with Crippen molar-refractivity contribution in [1.29, 1.82) is 0 Å². The van der Waals surface area contributed by atoms with Gasteiger partial charge in [-0.15, -0.1) is 0 Å². The third kappa shape index (κ3) is 3.51. The topological polar surface area (TPSA) is 58.6 Å². The van der Waals surface area contributed by atoms with Crippen LogP contribution in [-0.4, -0.2) is 25.5 Å². The normalized spacial score (nSPS) is 13.8. The maximum absolute atomic E-state index is 12.2. The van der Waals surface area contributed by atoms with Crippen molar-refractivity contribution in [3.8, 4) is 5.75 Å². The Morgan fingerprint density at radius 2 is 2.12 bits per heavy atom. The third-order valence-corrected chi connectivity index (χ3v) is 4.11. The molecule has 0 aliphatic carbocycles. The summed E-state index contributed by atoms with van der Waals surface area (Å²) in [4.78, 5) is 25.7. The van der Waals surface area contributed by atoms with Gasteiger partial charge < -0.3 is 15.0 Å². The fraction of sp³-hybridized carbons (Fsp3) is 0.222. The van der Waals surface area contributed by atoms with Crippen molar-refractivity contribution in [1.82, 2.24) is 5.32 Å². The first-order chi connectivity index (χ1) is 11.5. The molecule has 0 spiro atoms. The highest BCUT2D eigenvalue weighted by Crippen LogP contribution is 2.31. The average Bonchev–Trinajstić information content (AvgIpc) is 2.72. The van der Waals surface area contributed by atoms with Crippen LogP contribution in [0.4, 0.5) is 5.69 Å². The number of ether oxygens (including phenoxy) is 1. The number of benzene rings is 2. The van der Waals surface area contributed by atoms with Crippen molar-refractivity contribution in [2.75, 3.05) is 18.6 Å². The maximum atomic E-state index is 12.2. The van der Waals surface area contributed by atoms with E-state index in [1.54, 1.807) is 36.2 Å². The van der Waals surface area contributed by atoms with Crippen molar-refractivity contribution in [2.45, 2.75) is 13.0 Å². The number of carbonyl (C=O) groups is 2. The number of rotatable bonds is 3. The highest BCUT2D eigenvalue weighted by atomic mass is 35.5. The van der Waals surface area contributed by atoms with Crippen molar-refractivity contribution in [3.05, 3.63) is 58.6 Å². The van der Waals surface area contributed by atoms with Gasteiger partial charge in [-0.2, -0.15) is 0 Å². The zero-order valence-electron chi connectivity index (χ0n) is 13.2. The number of fused-ring (bicyclic) bond motifs is 1. The molecule has 124 valence electrons. The zero-order valence-corrected chi connectivity index (χ0v) is 14.0. The first-order valence-electron chi connectivity index (χ1n) is 7.60. The monoisotopic (exact) mass is 344 g/mol. The lowest BCUT2D eigenvalue weighted by Crippen LogP contribution is -2.26. The summed E-state index contributed by atoms with van der Waals surface area (Å²) in [6.07, 6.45) is 0.353. The molecule has 24 heavy (non-hydrogen) atoms. The van der Waals surface area contributed by atoms with Crippen LogP contribution in [0.3, 0.4) is 0 Å². The predicted molar refractivity (Wildman–Crippen MR) is 92.6 cm³/mol. The van der Waals surface area contributed by atoms with E-state index in [1.165, 1.54) is 0 Å². The summed E-state index contributed by atoms with van der Waals surface area (Å²) in [6.45, 7) is 0.724. The SMILES string of the molecule is CN1C(=O)CCOc2ccc(CNC(=O)c3cccc(Cl)c3)cc21. The van der Waals surface area contributed by atoms with E-state index in [9.17, 15) is 9.59 Å². The Balaban J connectivity index is 1.73. The minimum absolute atomic E-state index is 0.00821. The van der Waals surface area contributed by atoms with E-state index in [0.717, 1.165) is 5.56 Å². The summed E-state index contributed by atoms with van der Waals surface area (Å²) in [7, 11) is 1.73. The van der Waals surface area contributed by atoms with E-state index in [1.807, 2.05) is 18.2 Å². The fourth-order valence-electron chi connectivity index (χ4n) is 2.52. The van der Waals surface area contributed by atoms with Gasteiger partial charge in [-0.1, -0.05) is 23.7 Å². The molecule has 1 heterocycles. The Hall–Kier alpha value is -2.53. The fourth-order valence-corrected chi connectivity index (χ4v) is 2.71. The Kier molecular flexibility index (Phi) is 4.71. The summed E-state index contributed by atoms with van der Waals surface area (Å²) in [5.74, 6) is 0.482. The second kappa shape index (κ2) is 6.93. The van der Waals surface area contributed by atoms with Gasteiger partial charge in [-0.25, -0.2) is 0 Å². The molecule has 0 fully saturated rings. The van der Waals surface area contributed by atoms with Gasteiger partial charge in [0.25, 0.3) is 5.91 Å². The van der Waals surface area contributed by atoms with Gasteiger partial charge in [-0.3, -0.25) is 9.59 Å². The van der Waals surface area contributed by atoms with Crippen molar-refractivity contribution in [3.63, 3.8) is 0 Å². The van der Waals surface area contributed by atoms with Gasteiger partial charge in [0.05, 0.1) is 18.7 Å². The van der Waals surface area contributed by atoms with Crippen LogP contribution < -0.4 is 15.0 Å². The molecule has 0 saturated heterocycles. The molecule has 2 amide bonds. The lowest BCUT2D eigenvalue weighted by atomic mass is 10.1. The van der Waals surface area contributed by atoms with E-state index in [4.69, 9.17) is 16.3 Å². The number of halogens is 1. The van der Waals surface area contributed by atoms with E-state index in [-0.39, 0.29) is 11.8 Å². The summed E-state index contributed by atoms with van der Waals surface area (Å²) in [6, 6.07) is 12.3. The van der Waals surface area contributed by atoms with Crippen LogP contribution >= 0.6 is 11.6 Å². The number of hydrogen-bond donors (Lipinski definition) is 1. The molecule has 5 nitrogen and oxygen atoms in total. The molecule has 0 saturated carbocycles. The minimum atomic E-state index is -0.201. The number of amides is 2. The van der Waals surface area contributed by atoms with Gasteiger partial charge in [0, 0.05) is 24.2 Å². The molecule has 0 bridgehead atoms. The molecular formula is C18H17ClN2O3. The van der Waals surface area contributed by atoms with Crippen LogP contribution in [0, 0.1) is 0 Å². The van der Waals surface area contributed by atoms with Crippen LogP contribution in [-0.2, 0) is 11.3 Å². The minimum Gasteiger partial charge on any atom is -0.491 e. The zero-order chi connectivity index (χ0) is 17.1. The predicted octanol–water partition coefficient (Wildman–Crippen LogP) is 3.02. The first-order valence-corrected chi connectivity index (χ1v) is 7.98. The highest BCUT2D eigenvalue weighted by molar-refractivity contribution is 6.30. The smallest absolute Gasteiger partial charge is 0.251 e. The van der Waals surface area contributed by atoms with Crippen LogP contribution in [0.15, 0.2) is 42.5 Å². The Bertz CT molecular complexity index is 792. The number of nitrogens with zero attached hydrogens (tertiary/aromatic N) is 1. The molecule has 1 N–H and O–H groups in total. The number of hydrogen-bond acceptors (Lipinski definition) is 3. The second-order valence-corrected chi connectivity index (χ2v) is 5.98. The number of nitrogens with one attached hydrogen (secondary N) is 1. The van der Waals surface area contributed by atoms with E-state index in [0.29, 0.717) is 41.6 Å². The number of anilines is 1. The Morgan fingerprint density at radius 1 is 1.29 bits per heavy atom. The first kappa shape index (κ1) is 16.3. The highest BCUT2D eigenvalue weighted by Gasteiger charge is 2.20. The van der Waals surface area contributed by atoms with Crippen molar-refractivity contribution < 1.29 is 14.3 Å². The van der Waals surface area contributed by atoms with Crippen molar-refractivity contribution in [2.24, 2.45) is 0 Å². The molecule has 1 aliphatic heterocycles. The lowest BCUT2D eigenvalue weighted by molar-refractivity contribution is -0.118. The number of carbonyl (C=O) groups excluding carboxylic acids is 2. The molecule has 0 aromatic heterocycles. The molecule has 6 heteroatoms. The maximum Gasteiger partial charge on any atom is 0.251 e. The second-order valence-electron chi connectivity index (χ2n) is 5.55. The van der Waals surface area contributed by atoms with Crippen LogP contribution in [0.25, 0.3) is 0 Å². The van der Waals surface area contributed by atoms with Gasteiger partial charge >= 0.3 is 0 Å². The lowest BCUT2D eigenvalue weighted by Gasteiger charge is -2.17. The molecule has 1 aliphatic rings. The summed E-state index contributed by atoms with van der Waals surface area (Å²) >= 11 is 5.90. The van der Waals surface area contributed by atoms with E-state index >= 15 is 0 Å². The molecule has 2 aromatic rings. The molecular weight excluding hydrogens is 328 g/mol. The van der Waals surface area contributed by atoms with Crippen LogP contribution in [0.1, 0.15) is 22.3 Å². The standard InChI is InChI=1S/C18H17ClN2O3/c1-21-15-9-12(5-6-16(15)24-8-7-17(21)22)11-20-18(23)13-3-2-4-14(19)10-13/h2-6,9-10H,7-8,11H2,1H3,(H,20,23). The van der Waals surface area contributed by atoms with E-state index < -0.39 is 0 Å². The Morgan fingerprint density at radius 3 is 2.92 bits per heavy atom. The van der Waals surface area contributed by atoms with Gasteiger partial charge in [0.15, 0.2) is 0 Å². The molecule has 2 aromatic carbocycles. The summed E-state index contributed by atoms with van der Waals surface area (Å²) in [5.41, 5.74) is 2.11. The van der Waals surface area contributed by atoms with Crippen LogP contribution in [0.5, 0.6) is 5.75 Å². The van der Waals surface area contributed by atoms with Gasteiger partial charge in [0.1, 0.15) is 5.75 Å². The van der Waals surface area contributed by atoms with Crippen molar-refractivity contribution >= 4 is 29.1 Å². The quantitative estimate of drug-likeness (QED) is 0.931. The molecule has 0 radical (unpaired) electrons. The third-order valence-electron chi connectivity index (χ3n) is 3.87. The molecule has 3 rings (SSSR count). The van der Waals surface area contributed by atoms with Crippen LogP contribution in [0.2, 0.25) is 5.02 Å². The molecule has 0 unspecified atom stereocenters. The molecule has 0 atom stereocenters. The van der Waals surface area contributed by atoms with Gasteiger partial charge in [0.2, 0.25) is 5.91 Å².